The van der Waals surface area contributed by atoms with Gasteiger partial charge in [0, 0.05) is 30.2 Å². The van der Waals surface area contributed by atoms with E-state index in [1.807, 2.05) is 14.0 Å². The number of hydrogen-bond acceptors (Lipinski definition) is 5. The predicted molar refractivity (Wildman–Crippen MR) is 122 cm³/mol. The second-order valence-corrected chi connectivity index (χ2v) is 9.43. The average Bonchev–Trinajstić information content (AvgIpc) is 3.44. The van der Waals surface area contributed by atoms with Crippen molar-refractivity contribution in [1.29, 1.82) is 0 Å². The van der Waals surface area contributed by atoms with Crippen LogP contribution in [0.15, 0.2) is 24.3 Å². The largest absolute Gasteiger partial charge is 0.371 e. The molecule has 1 aromatic carbocycles. The van der Waals surface area contributed by atoms with Gasteiger partial charge in [0.2, 0.25) is 5.91 Å². The van der Waals surface area contributed by atoms with Crippen LogP contribution in [-0.4, -0.2) is 42.9 Å². The summed E-state index contributed by atoms with van der Waals surface area (Å²) < 4.78 is 0. The monoisotopic (exact) mass is 426 g/mol. The summed E-state index contributed by atoms with van der Waals surface area (Å²) in [5, 5.41) is 3.59. The minimum Gasteiger partial charge on any atom is -0.371 e. The topological polar surface area (TPSA) is 78.7 Å². The molecule has 0 radical (unpaired) electrons. The van der Waals surface area contributed by atoms with Crippen LogP contribution in [0.5, 0.6) is 0 Å². The summed E-state index contributed by atoms with van der Waals surface area (Å²) in [5.41, 5.74) is 9.66. The second-order valence-electron chi connectivity index (χ2n) is 8.33. The fourth-order valence-corrected chi connectivity index (χ4v) is 5.78. The molecule has 1 aromatic heterocycles. The zero-order valence-corrected chi connectivity index (χ0v) is 18.6. The number of nitrogens with zero attached hydrogens (tertiary/aromatic N) is 2. The van der Waals surface area contributed by atoms with E-state index in [4.69, 9.17) is 5.73 Å². The number of para-hydroxylation sites is 1. The Kier molecular flexibility index (Phi) is 6.11. The smallest absolute Gasteiger partial charge is 0.251 e. The van der Waals surface area contributed by atoms with Crippen LogP contribution in [0.4, 0.5) is 10.7 Å². The maximum Gasteiger partial charge on any atom is 0.251 e. The van der Waals surface area contributed by atoms with E-state index in [2.05, 4.69) is 39.4 Å². The van der Waals surface area contributed by atoms with Gasteiger partial charge >= 0.3 is 0 Å². The van der Waals surface area contributed by atoms with Crippen molar-refractivity contribution in [1.82, 2.24) is 4.90 Å². The van der Waals surface area contributed by atoms with Crippen molar-refractivity contribution < 1.29 is 9.59 Å². The lowest BCUT2D eigenvalue weighted by Crippen LogP contribution is -2.39. The molecule has 1 saturated heterocycles. The number of nitrogens with one attached hydrogen (secondary N) is 1. The van der Waals surface area contributed by atoms with Crippen LogP contribution < -0.4 is 16.0 Å². The highest BCUT2D eigenvalue weighted by atomic mass is 32.1. The number of amides is 2. The minimum absolute atomic E-state index is 0.112. The standard InChI is InChI=1S/C23H30N4O2S/c1-15(22(29)25-23-20(21(24)28)17-9-7-11-19(17)30-23)26(2)14-16-8-3-4-10-18(16)27-12-5-6-13-27/h3-4,8,10,15H,5-7,9,11-14H2,1-2H3,(H2,24,28)(H,25,29)/t15-/m0/s1. The van der Waals surface area contributed by atoms with Crippen LogP contribution in [0.2, 0.25) is 0 Å². The van der Waals surface area contributed by atoms with E-state index in [0.717, 1.165) is 37.9 Å². The van der Waals surface area contributed by atoms with Gasteiger partial charge in [-0.3, -0.25) is 14.5 Å². The Morgan fingerprint density at radius 2 is 1.93 bits per heavy atom. The minimum atomic E-state index is -0.453. The number of likely N-dealkylation sites (N-methyl/N-ethyl adjacent to an activating group) is 1. The van der Waals surface area contributed by atoms with Crippen molar-refractivity contribution in [3.05, 3.63) is 45.8 Å². The quantitative estimate of drug-likeness (QED) is 0.711. The first-order chi connectivity index (χ1) is 14.5. The van der Waals surface area contributed by atoms with E-state index in [9.17, 15) is 9.59 Å². The number of primary amides is 1. The highest BCUT2D eigenvalue weighted by Gasteiger charge is 2.28. The van der Waals surface area contributed by atoms with Gasteiger partial charge < -0.3 is 16.0 Å². The zero-order valence-electron chi connectivity index (χ0n) is 17.7. The first-order valence-corrected chi connectivity index (χ1v) is 11.6. The number of hydrogen-bond donors (Lipinski definition) is 2. The molecule has 2 amide bonds. The molecule has 1 aliphatic carbocycles. The molecule has 2 heterocycles. The third-order valence-electron chi connectivity index (χ3n) is 6.30. The van der Waals surface area contributed by atoms with Crippen molar-refractivity contribution in [3.8, 4) is 0 Å². The lowest BCUT2D eigenvalue weighted by molar-refractivity contribution is -0.120. The molecule has 7 heteroatoms. The number of rotatable bonds is 7. The molecule has 160 valence electrons. The van der Waals surface area contributed by atoms with Crippen LogP contribution in [0.3, 0.4) is 0 Å². The third-order valence-corrected chi connectivity index (χ3v) is 7.51. The number of fused-ring (bicyclic) bond motifs is 1. The van der Waals surface area contributed by atoms with E-state index in [0.29, 0.717) is 17.1 Å². The van der Waals surface area contributed by atoms with Crippen LogP contribution in [0.1, 0.15) is 52.5 Å². The predicted octanol–water partition coefficient (Wildman–Crippen LogP) is 3.39. The maximum absolute atomic E-state index is 13.0. The van der Waals surface area contributed by atoms with Crippen LogP contribution >= 0.6 is 11.3 Å². The van der Waals surface area contributed by atoms with E-state index in [1.165, 1.54) is 40.3 Å². The van der Waals surface area contributed by atoms with Crippen LogP contribution in [-0.2, 0) is 24.2 Å². The molecule has 6 nitrogen and oxygen atoms in total. The van der Waals surface area contributed by atoms with Crippen molar-refractivity contribution >= 4 is 33.8 Å². The first kappa shape index (κ1) is 20.9. The van der Waals surface area contributed by atoms with Crippen molar-refractivity contribution in [3.63, 3.8) is 0 Å². The fourth-order valence-electron chi connectivity index (χ4n) is 4.49. The Bertz CT molecular complexity index is 949. The molecule has 1 fully saturated rings. The molecule has 0 spiro atoms. The number of carbonyl (C=O) groups excluding carboxylic acids is 2. The maximum atomic E-state index is 13.0. The number of thiophene rings is 1. The van der Waals surface area contributed by atoms with E-state index < -0.39 is 5.91 Å². The van der Waals surface area contributed by atoms with Crippen molar-refractivity contribution in [2.75, 3.05) is 30.4 Å². The molecule has 30 heavy (non-hydrogen) atoms. The number of nitrogens with two attached hydrogens (primary N) is 1. The Labute approximate surface area is 182 Å². The Balaban J connectivity index is 1.46. The third kappa shape index (κ3) is 4.09. The number of carbonyl (C=O) groups is 2. The zero-order chi connectivity index (χ0) is 21.3. The highest BCUT2D eigenvalue weighted by molar-refractivity contribution is 7.17. The van der Waals surface area contributed by atoms with Crippen molar-refractivity contribution in [2.45, 2.75) is 51.6 Å². The van der Waals surface area contributed by atoms with Crippen LogP contribution in [0, 0.1) is 0 Å². The summed E-state index contributed by atoms with van der Waals surface area (Å²) in [6.45, 7) is 4.77. The van der Waals surface area contributed by atoms with Crippen LogP contribution in [0.25, 0.3) is 0 Å². The molecule has 3 N–H and O–H groups in total. The Morgan fingerprint density at radius 3 is 2.67 bits per heavy atom. The summed E-state index contributed by atoms with van der Waals surface area (Å²) in [4.78, 5) is 30.6. The van der Waals surface area contributed by atoms with Gasteiger partial charge in [-0.25, -0.2) is 0 Å². The van der Waals surface area contributed by atoms with Gasteiger partial charge in [-0.1, -0.05) is 18.2 Å². The summed E-state index contributed by atoms with van der Waals surface area (Å²) in [6.07, 6.45) is 5.33. The molecule has 0 saturated carbocycles. The highest BCUT2D eigenvalue weighted by Crippen LogP contribution is 2.39. The first-order valence-electron chi connectivity index (χ1n) is 10.7. The molecule has 1 aliphatic heterocycles. The molecule has 2 aliphatic rings. The summed E-state index contributed by atoms with van der Waals surface area (Å²) in [6, 6.07) is 8.11. The molecular weight excluding hydrogens is 396 g/mol. The lowest BCUT2D eigenvalue weighted by Gasteiger charge is -2.27. The van der Waals surface area contributed by atoms with E-state index in [1.54, 1.807) is 0 Å². The van der Waals surface area contributed by atoms with Crippen molar-refractivity contribution in [2.24, 2.45) is 5.73 Å². The van der Waals surface area contributed by atoms with Gasteiger partial charge in [-0.05, 0) is 63.3 Å². The number of anilines is 2. The van der Waals surface area contributed by atoms with E-state index >= 15 is 0 Å². The van der Waals surface area contributed by atoms with Gasteiger partial charge in [-0.15, -0.1) is 11.3 Å². The normalized spacial score (nSPS) is 16.7. The van der Waals surface area contributed by atoms with Gasteiger partial charge in [0.1, 0.15) is 5.00 Å². The summed E-state index contributed by atoms with van der Waals surface area (Å²) in [5.74, 6) is -0.566. The molecule has 0 bridgehead atoms. The Morgan fingerprint density at radius 1 is 1.20 bits per heavy atom. The molecular formula is C23H30N4O2S. The van der Waals surface area contributed by atoms with Gasteiger partial charge in [-0.2, -0.15) is 0 Å². The molecule has 4 rings (SSSR count). The molecule has 0 unspecified atom stereocenters. The summed E-state index contributed by atoms with van der Waals surface area (Å²) in [7, 11) is 1.97. The van der Waals surface area contributed by atoms with E-state index in [-0.39, 0.29) is 11.9 Å². The summed E-state index contributed by atoms with van der Waals surface area (Å²) >= 11 is 1.50. The SMILES string of the molecule is C[C@@H](C(=O)Nc1sc2c(c1C(N)=O)CCC2)N(C)Cc1ccccc1N1CCCC1. The van der Waals surface area contributed by atoms with Gasteiger partial charge in [0.15, 0.2) is 0 Å². The molecule has 1 atom stereocenters. The van der Waals surface area contributed by atoms with Gasteiger partial charge in [0.05, 0.1) is 11.6 Å². The average molecular weight is 427 g/mol. The van der Waals surface area contributed by atoms with Gasteiger partial charge in [0.25, 0.3) is 5.91 Å². The number of benzene rings is 1. The fraction of sp³-hybridized carbons (Fsp3) is 0.478. The number of aryl methyl sites for hydroxylation is 1. The molecule has 2 aromatic rings. The Hall–Kier alpha value is -2.38. The second kappa shape index (κ2) is 8.78. The lowest BCUT2D eigenvalue weighted by atomic mass is 10.1.